The molecule has 0 aliphatic heterocycles. The summed E-state index contributed by atoms with van der Waals surface area (Å²) < 4.78 is 11.3. The van der Waals surface area contributed by atoms with Crippen LogP contribution < -0.4 is 16.3 Å². The minimum atomic E-state index is -0.392. The van der Waals surface area contributed by atoms with E-state index in [0.717, 1.165) is 12.8 Å². The van der Waals surface area contributed by atoms with Gasteiger partial charge >= 0.3 is 6.09 Å². The Bertz CT molecular complexity index is 727. The zero-order chi connectivity index (χ0) is 21.5. The van der Waals surface area contributed by atoms with Gasteiger partial charge in [0.1, 0.15) is 18.4 Å². The molecule has 30 heavy (non-hydrogen) atoms. The third-order valence-electron chi connectivity index (χ3n) is 5.88. The number of likely N-dealkylation sites (N-methyl/N-ethyl adjacent to an activating group) is 1. The Morgan fingerprint density at radius 3 is 2.40 bits per heavy atom. The zero-order valence-electron chi connectivity index (χ0n) is 18.0. The van der Waals surface area contributed by atoms with E-state index in [0.29, 0.717) is 35.4 Å². The van der Waals surface area contributed by atoms with E-state index in [2.05, 4.69) is 9.97 Å². The molecule has 1 heterocycles. The highest BCUT2D eigenvalue weighted by atomic mass is 16.6. The van der Waals surface area contributed by atoms with Crippen LogP contribution in [0.5, 0.6) is 5.88 Å². The lowest BCUT2D eigenvalue weighted by Gasteiger charge is -2.30. The predicted molar refractivity (Wildman–Crippen MR) is 114 cm³/mol. The van der Waals surface area contributed by atoms with Crippen molar-refractivity contribution in [2.24, 2.45) is 17.5 Å². The fourth-order valence-corrected chi connectivity index (χ4v) is 3.76. The molecule has 1 aromatic heterocycles. The molecular formula is C21H34N6O3. The highest BCUT2D eigenvalue weighted by Gasteiger charge is 2.23. The molecule has 1 amide bonds. The minimum absolute atomic E-state index is 0.0469. The smallest absolute Gasteiger partial charge is 0.409 e. The van der Waals surface area contributed by atoms with Gasteiger partial charge in [-0.1, -0.05) is 12.8 Å². The maximum absolute atomic E-state index is 12.3. The monoisotopic (exact) mass is 418 g/mol. The number of ether oxygens (including phenoxy) is 2. The van der Waals surface area contributed by atoms with Crippen LogP contribution in [0.2, 0.25) is 0 Å². The van der Waals surface area contributed by atoms with Crippen LogP contribution in [0.15, 0.2) is 18.1 Å². The van der Waals surface area contributed by atoms with Gasteiger partial charge in [0.05, 0.1) is 23.8 Å². The normalized spacial score (nSPS) is 18.2. The Kier molecular flexibility index (Phi) is 7.73. The second-order valence-corrected chi connectivity index (χ2v) is 8.32. The molecule has 3 rings (SSSR count). The Balaban J connectivity index is 1.59. The fraction of sp³-hybridized carbons (Fsp3) is 0.667. The summed E-state index contributed by atoms with van der Waals surface area (Å²) in [5.74, 6) is 6.98. The van der Waals surface area contributed by atoms with E-state index >= 15 is 0 Å². The van der Waals surface area contributed by atoms with Gasteiger partial charge in [-0.2, -0.15) is 0 Å². The molecule has 0 aromatic carbocycles. The Morgan fingerprint density at radius 1 is 1.10 bits per heavy atom. The maximum atomic E-state index is 12.3. The van der Waals surface area contributed by atoms with Gasteiger partial charge in [0.2, 0.25) is 5.88 Å². The Labute approximate surface area is 178 Å². The van der Waals surface area contributed by atoms with Crippen molar-refractivity contribution < 1.29 is 14.3 Å². The highest BCUT2D eigenvalue weighted by Crippen LogP contribution is 2.27. The van der Waals surface area contributed by atoms with Gasteiger partial charge in [-0.15, -0.1) is 0 Å². The first-order valence-corrected chi connectivity index (χ1v) is 10.8. The van der Waals surface area contributed by atoms with E-state index in [9.17, 15) is 4.79 Å². The largest absolute Gasteiger partial charge is 0.473 e. The summed E-state index contributed by atoms with van der Waals surface area (Å²) in [6.45, 7) is 0.661. The maximum Gasteiger partial charge on any atom is 0.409 e. The molecule has 0 atom stereocenters. The predicted octanol–water partition coefficient (Wildman–Crippen LogP) is 2.49. The first-order valence-electron chi connectivity index (χ1n) is 10.8. The number of hydrogen-bond acceptors (Lipinski definition) is 8. The molecule has 9 heteroatoms. The van der Waals surface area contributed by atoms with Gasteiger partial charge in [0.15, 0.2) is 0 Å². The van der Waals surface area contributed by atoms with Crippen LogP contribution in [0.1, 0.15) is 57.1 Å². The van der Waals surface area contributed by atoms with Gasteiger partial charge in [-0.25, -0.2) is 20.6 Å². The van der Waals surface area contributed by atoms with Crippen LogP contribution in [0.25, 0.3) is 5.70 Å². The molecule has 0 unspecified atom stereocenters. The second-order valence-electron chi connectivity index (χ2n) is 8.32. The quantitative estimate of drug-likeness (QED) is 0.488. The van der Waals surface area contributed by atoms with Crippen LogP contribution >= 0.6 is 0 Å². The second kappa shape index (κ2) is 10.5. The van der Waals surface area contributed by atoms with E-state index in [1.54, 1.807) is 31.4 Å². The van der Waals surface area contributed by atoms with Gasteiger partial charge in [0, 0.05) is 20.6 Å². The molecule has 2 fully saturated rings. The van der Waals surface area contributed by atoms with Crippen molar-refractivity contribution >= 4 is 11.8 Å². The summed E-state index contributed by atoms with van der Waals surface area (Å²) in [6.07, 6.45) is 12.3. The van der Waals surface area contributed by atoms with Crippen LogP contribution in [-0.4, -0.2) is 59.3 Å². The molecular weight excluding hydrogens is 384 g/mol. The highest BCUT2D eigenvalue weighted by molar-refractivity contribution is 5.68. The van der Waals surface area contributed by atoms with E-state index < -0.39 is 6.09 Å². The number of rotatable bonds is 8. The average Bonchev–Trinajstić information content (AvgIpc) is 2.71. The standard InChI is InChI=1S/C21H34N6O3/c1-26(13-15-7-6-8-15)21(28)29-14-18(27(2)23)20(22)17-11-25-19(12-24-17)30-16-9-4-3-5-10-16/h11-12,15-16H,3-10,13-14,22-23H2,1-2H3/b20-18-. The van der Waals surface area contributed by atoms with Crippen molar-refractivity contribution in [3.63, 3.8) is 0 Å². The zero-order valence-corrected chi connectivity index (χ0v) is 18.0. The molecule has 4 N–H and O–H groups in total. The first kappa shape index (κ1) is 22.1. The van der Waals surface area contributed by atoms with Crippen LogP contribution in [0, 0.1) is 5.92 Å². The number of nitrogens with zero attached hydrogens (tertiary/aromatic N) is 4. The molecule has 0 spiro atoms. The third kappa shape index (κ3) is 5.98. The van der Waals surface area contributed by atoms with Gasteiger partial charge in [0.25, 0.3) is 0 Å². The molecule has 0 radical (unpaired) electrons. The van der Waals surface area contributed by atoms with Gasteiger partial charge < -0.3 is 25.1 Å². The van der Waals surface area contributed by atoms with Crippen molar-refractivity contribution in [2.45, 2.75) is 57.5 Å². The first-order chi connectivity index (χ1) is 14.4. The Hall–Kier alpha value is -2.55. The van der Waals surface area contributed by atoms with E-state index in [1.165, 1.54) is 43.5 Å². The summed E-state index contributed by atoms with van der Waals surface area (Å²) in [4.78, 5) is 22.6. The molecule has 0 bridgehead atoms. The van der Waals surface area contributed by atoms with E-state index in [4.69, 9.17) is 21.1 Å². The summed E-state index contributed by atoms with van der Waals surface area (Å²) in [5.41, 5.74) is 7.48. The van der Waals surface area contributed by atoms with Crippen LogP contribution in [-0.2, 0) is 4.74 Å². The lowest BCUT2D eigenvalue weighted by atomic mass is 9.85. The summed E-state index contributed by atoms with van der Waals surface area (Å²) >= 11 is 0. The average molecular weight is 419 g/mol. The molecule has 2 aliphatic carbocycles. The van der Waals surface area contributed by atoms with E-state index in [-0.39, 0.29) is 12.7 Å². The summed E-state index contributed by atoms with van der Waals surface area (Å²) in [5, 5.41) is 1.34. The lowest BCUT2D eigenvalue weighted by Crippen LogP contribution is -2.37. The van der Waals surface area contributed by atoms with E-state index in [1.807, 2.05) is 0 Å². The Morgan fingerprint density at radius 2 is 1.83 bits per heavy atom. The molecule has 0 saturated heterocycles. The molecule has 2 aliphatic rings. The van der Waals surface area contributed by atoms with Crippen molar-refractivity contribution in [3.05, 3.63) is 23.8 Å². The van der Waals surface area contributed by atoms with Crippen molar-refractivity contribution in [2.75, 3.05) is 27.2 Å². The van der Waals surface area contributed by atoms with Crippen molar-refractivity contribution in [1.82, 2.24) is 19.9 Å². The van der Waals surface area contributed by atoms with Gasteiger partial charge in [-0.3, -0.25) is 0 Å². The number of hydrazine groups is 1. The topological polar surface area (TPSA) is 120 Å². The molecule has 1 aromatic rings. The van der Waals surface area contributed by atoms with Crippen LogP contribution in [0.4, 0.5) is 4.79 Å². The minimum Gasteiger partial charge on any atom is -0.473 e. The number of nitrogens with two attached hydrogens (primary N) is 2. The van der Waals surface area contributed by atoms with Crippen LogP contribution in [0.3, 0.4) is 0 Å². The summed E-state index contributed by atoms with van der Waals surface area (Å²) in [7, 11) is 3.39. The number of hydrogen-bond donors (Lipinski definition) is 2. The number of aromatic nitrogens is 2. The lowest BCUT2D eigenvalue weighted by molar-refractivity contribution is 0.101. The van der Waals surface area contributed by atoms with Gasteiger partial charge in [-0.05, 0) is 44.4 Å². The molecule has 2 saturated carbocycles. The number of carbonyl (C=O) groups is 1. The third-order valence-corrected chi connectivity index (χ3v) is 5.88. The molecule has 166 valence electrons. The SMILES string of the molecule is CN(CC1CCC1)C(=O)OC/C(=C(/N)c1cnc(OC2CCCCC2)cn1)N(C)N. The van der Waals surface area contributed by atoms with Crippen molar-refractivity contribution in [3.8, 4) is 5.88 Å². The van der Waals surface area contributed by atoms with Crippen molar-refractivity contribution in [1.29, 1.82) is 0 Å². The molecule has 9 nitrogen and oxygen atoms in total. The number of carbonyl (C=O) groups excluding carboxylic acids is 1. The number of amides is 1. The fourth-order valence-electron chi connectivity index (χ4n) is 3.76. The summed E-state index contributed by atoms with van der Waals surface area (Å²) in [6, 6.07) is 0.